The monoisotopic (exact) mass is 361 g/mol. The number of aryl methyl sites for hydroxylation is 1. The molecule has 0 radical (unpaired) electrons. The van der Waals surface area contributed by atoms with Crippen molar-refractivity contribution in [1.29, 1.82) is 0 Å². The van der Waals surface area contributed by atoms with Gasteiger partial charge in [-0.2, -0.15) is 0 Å². The van der Waals surface area contributed by atoms with E-state index in [1.165, 1.54) is 29.8 Å². The molecular weight excluding hydrogens is 338 g/mol. The van der Waals surface area contributed by atoms with Crippen molar-refractivity contribution >= 4 is 27.3 Å². The number of anilines is 2. The number of hydrogen-bond donors (Lipinski definition) is 3. The van der Waals surface area contributed by atoms with Gasteiger partial charge in [0.25, 0.3) is 0 Å². The highest BCUT2D eigenvalue weighted by Gasteiger charge is 2.13. The number of hydrogen-bond acceptors (Lipinski definition) is 4. The number of sulfonamides is 1. The topological polar surface area (TPSA) is 101 Å². The van der Waals surface area contributed by atoms with Crippen molar-refractivity contribution in [2.24, 2.45) is 5.14 Å². The van der Waals surface area contributed by atoms with Gasteiger partial charge in [0.2, 0.25) is 15.9 Å². The molecule has 0 fully saturated rings. The van der Waals surface area contributed by atoms with Crippen LogP contribution in [-0.4, -0.2) is 20.4 Å². The highest BCUT2D eigenvalue weighted by atomic mass is 32.2. The molecule has 4 N–H and O–H groups in total. The Balaban J connectivity index is 1.95. The standard InChI is InChI=1S/C18H23N3O3S/c1-3-4-14-5-7-15(8-6-14)20-13(2)18(22)21-16-9-11-17(12-10-16)25(19,23)24/h5-13,20H,3-4H2,1-2H3,(H,21,22)(H2,19,23,24)/t13-/m0/s1. The van der Waals surface area contributed by atoms with Crippen molar-refractivity contribution in [3.05, 3.63) is 54.1 Å². The van der Waals surface area contributed by atoms with E-state index >= 15 is 0 Å². The number of carbonyl (C=O) groups excluding carboxylic acids is 1. The molecule has 0 unspecified atom stereocenters. The first-order chi connectivity index (χ1) is 11.8. The number of amides is 1. The number of rotatable bonds is 7. The quantitative estimate of drug-likeness (QED) is 0.706. The molecule has 25 heavy (non-hydrogen) atoms. The zero-order valence-corrected chi connectivity index (χ0v) is 15.1. The summed E-state index contributed by atoms with van der Waals surface area (Å²) in [5, 5.41) is 10.9. The Morgan fingerprint density at radius 3 is 2.12 bits per heavy atom. The van der Waals surface area contributed by atoms with Crippen LogP contribution < -0.4 is 15.8 Å². The second kappa shape index (κ2) is 8.13. The summed E-state index contributed by atoms with van der Waals surface area (Å²) in [6, 6.07) is 13.3. The molecule has 1 atom stereocenters. The molecule has 134 valence electrons. The van der Waals surface area contributed by atoms with Crippen LogP contribution in [0.25, 0.3) is 0 Å². The molecule has 0 saturated heterocycles. The summed E-state index contributed by atoms with van der Waals surface area (Å²) in [5.74, 6) is -0.221. The van der Waals surface area contributed by atoms with Crippen LogP contribution in [0.2, 0.25) is 0 Å². The molecule has 1 amide bonds. The van der Waals surface area contributed by atoms with E-state index in [0.29, 0.717) is 5.69 Å². The van der Waals surface area contributed by atoms with Crippen molar-refractivity contribution in [3.63, 3.8) is 0 Å². The Morgan fingerprint density at radius 2 is 1.60 bits per heavy atom. The first kappa shape index (κ1) is 19.0. The summed E-state index contributed by atoms with van der Waals surface area (Å²) < 4.78 is 22.4. The maximum absolute atomic E-state index is 12.3. The second-order valence-corrected chi connectivity index (χ2v) is 7.43. The summed E-state index contributed by atoms with van der Waals surface area (Å²) >= 11 is 0. The molecule has 0 aliphatic rings. The van der Waals surface area contributed by atoms with Gasteiger partial charge < -0.3 is 10.6 Å². The van der Waals surface area contributed by atoms with Crippen LogP contribution in [0.3, 0.4) is 0 Å². The zero-order valence-electron chi connectivity index (χ0n) is 14.3. The molecule has 7 heteroatoms. The largest absolute Gasteiger partial charge is 0.374 e. The van der Waals surface area contributed by atoms with Crippen LogP contribution in [0.5, 0.6) is 0 Å². The highest BCUT2D eigenvalue weighted by Crippen LogP contribution is 2.15. The summed E-state index contributed by atoms with van der Waals surface area (Å²) in [6.07, 6.45) is 2.13. The highest BCUT2D eigenvalue weighted by molar-refractivity contribution is 7.89. The molecule has 0 aliphatic carbocycles. The Morgan fingerprint density at radius 1 is 1.04 bits per heavy atom. The Labute approximate surface area is 148 Å². The van der Waals surface area contributed by atoms with Crippen molar-refractivity contribution in [2.45, 2.75) is 37.6 Å². The minimum Gasteiger partial charge on any atom is -0.374 e. The van der Waals surface area contributed by atoms with Gasteiger partial charge in [-0.15, -0.1) is 0 Å². The van der Waals surface area contributed by atoms with Crippen molar-refractivity contribution in [3.8, 4) is 0 Å². The average molecular weight is 361 g/mol. The van der Waals surface area contributed by atoms with E-state index in [9.17, 15) is 13.2 Å². The fourth-order valence-corrected chi connectivity index (χ4v) is 2.87. The van der Waals surface area contributed by atoms with Gasteiger partial charge in [-0.3, -0.25) is 4.79 Å². The van der Waals surface area contributed by atoms with Gasteiger partial charge in [0.05, 0.1) is 4.90 Å². The molecule has 2 aromatic carbocycles. The van der Waals surface area contributed by atoms with E-state index in [-0.39, 0.29) is 10.8 Å². The van der Waals surface area contributed by atoms with Gasteiger partial charge in [0, 0.05) is 11.4 Å². The summed E-state index contributed by atoms with van der Waals surface area (Å²) in [6.45, 7) is 3.89. The van der Waals surface area contributed by atoms with E-state index in [2.05, 4.69) is 17.6 Å². The van der Waals surface area contributed by atoms with Gasteiger partial charge in [-0.25, -0.2) is 13.6 Å². The minimum absolute atomic E-state index is 0.00356. The van der Waals surface area contributed by atoms with E-state index in [1.54, 1.807) is 6.92 Å². The van der Waals surface area contributed by atoms with E-state index in [1.807, 2.05) is 24.3 Å². The lowest BCUT2D eigenvalue weighted by Gasteiger charge is -2.16. The fraction of sp³-hybridized carbons (Fsp3) is 0.278. The SMILES string of the molecule is CCCc1ccc(N[C@@H](C)C(=O)Nc2ccc(S(N)(=O)=O)cc2)cc1. The van der Waals surface area contributed by atoms with Gasteiger partial charge in [-0.1, -0.05) is 25.5 Å². The molecule has 6 nitrogen and oxygen atoms in total. The van der Waals surface area contributed by atoms with Crippen LogP contribution in [-0.2, 0) is 21.2 Å². The van der Waals surface area contributed by atoms with Crippen molar-refractivity contribution < 1.29 is 13.2 Å². The molecule has 0 aliphatic heterocycles. The van der Waals surface area contributed by atoms with E-state index < -0.39 is 16.1 Å². The van der Waals surface area contributed by atoms with Crippen molar-refractivity contribution in [2.75, 3.05) is 10.6 Å². The first-order valence-corrected chi connectivity index (χ1v) is 9.63. The number of nitrogens with one attached hydrogen (secondary N) is 2. The number of primary sulfonamides is 1. The molecule has 0 heterocycles. The molecular formula is C18H23N3O3S. The third kappa shape index (κ3) is 5.58. The average Bonchev–Trinajstić information content (AvgIpc) is 2.56. The van der Waals surface area contributed by atoms with E-state index in [4.69, 9.17) is 5.14 Å². The lowest BCUT2D eigenvalue weighted by Crippen LogP contribution is -2.31. The lowest BCUT2D eigenvalue weighted by molar-refractivity contribution is -0.116. The van der Waals surface area contributed by atoms with Crippen LogP contribution in [0.1, 0.15) is 25.8 Å². The van der Waals surface area contributed by atoms with Crippen LogP contribution in [0.4, 0.5) is 11.4 Å². The fourth-order valence-electron chi connectivity index (χ4n) is 2.35. The Kier molecular flexibility index (Phi) is 6.17. The smallest absolute Gasteiger partial charge is 0.246 e. The summed E-state index contributed by atoms with van der Waals surface area (Å²) in [5.41, 5.74) is 2.64. The number of nitrogens with two attached hydrogens (primary N) is 1. The molecule has 2 rings (SSSR count). The van der Waals surface area contributed by atoms with Crippen LogP contribution in [0.15, 0.2) is 53.4 Å². The molecule has 0 saturated carbocycles. The molecule has 0 spiro atoms. The maximum atomic E-state index is 12.3. The summed E-state index contributed by atoms with van der Waals surface area (Å²) in [7, 11) is -3.74. The van der Waals surface area contributed by atoms with Gasteiger partial charge in [0.1, 0.15) is 6.04 Å². The number of carbonyl (C=O) groups is 1. The Hall–Kier alpha value is -2.38. The summed E-state index contributed by atoms with van der Waals surface area (Å²) in [4.78, 5) is 12.3. The Bertz CT molecular complexity index is 816. The lowest BCUT2D eigenvalue weighted by atomic mass is 10.1. The van der Waals surface area contributed by atoms with Crippen LogP contribution in [0, 0.1) is 0 Å². The van der Waals surface area contributed by atoms with Crippen molar-refractivity contribution in [1.82, 2.24) is 0 Å². The van der Waals surface area contributed by atoms with E-state index in [0.717, 1.165) is 18.5 Å². The first-order valence-electron chi connectivity index (χ1n) is 8.09. The second-order valence-electron chi connectivity index (χ2n) is 5.87. The minimum atomic E-state index is -3.74. The molecule has 0 bridgehead atoms. The van der Waals surface area contributed by atoms with Gasteiger partial charge >= 0.3 is 0 Å². The normalized spacial score (nSPS) is 12.4. The van der Waals surface area contributed by atoms with Gasteiger partial charge in [-0.05, 0) is 55.3 Å². The predicted octanol–water partition coefficient (Wildman–Crippen LogP) is 2.73. The zero-order chi connectivity index (χ0) is 18.4. The third-order valence-corrected chi connectivity index (χ3v) is 4.65. The van der Waals surface area contributed by atoms with Crippen LogP contribution >= 0.6 is 0 Å². The third-order valence-electron chi connectivity index (χ3n) is 3.72. The number of benzene rings is 2. The molecule has 2 aromatic rings. The maximum Gasteiger partial charge on any atom is 0.246 e. The predicted molar refractivity (Wildman–Crippen MR) is 100.0 cm³/mol. The molecule has 0 aromatic heterocycles. The van der Waals surface area contributed by atoms with Gasteiger partial charge in [0.15, 0.2) is 0 Å².